The van der Waals surface area contributed by atoms with E-state index in [1.165, 1.54) is 24.0 Å². The molecule has 0 aliphatic carbocycles. The summed E-state index contributed by atoms with van der Waals surface area (Å²) in [6, 6.07) is 18.5. The maximum Gasteiger partial charge on any atom is 0.120 e. The lowest BCUT2D eigenvalue weighted by Crippen LogP contribution is -2.42. The van der Waals surface area contributed by atoms with Crippen LogP contribution in [0.3, 0.4) is 0 Å². The van der Waals surface area contributed by atoms with Crippen LogP contribution in [0.1, 0.15) is 36.5 Å². The van der Waals surface area contributed by atoms with Crippen molar-refractivity contribution < 1.29 is 4.74 Å². The average molecular weight is 376 g/mol. The molecule has 2 aromatic rings. The number of nitriles is 1. The summed E-state index contributed by atoms with van der Waals surface area (Å²) in [4.78, 5) is 2.48. The van der Waals surface area contributed by atoms with E-state index < -0.39 is 0 Å². The van der Waals surface area contributed by atoms with E-state index in [9.17, 15) is 0 Å². The molecule has 1 N–H and O–H groups in total. The summed E-state index contributed by atoms with van der Waals surface area (Å²) in [6.07, 6.45) is 2.36. The van der Waals surface area contributed by atoms with E-state index in [1.807, 2.05) is 30.3 Å². The van der Waals surface area contributed by atoms with Crippen LogP contribution in [-0.2, 0) is 13.2 Å². The first-order chi connectivity index (χ1) is 13.6. The molecule has 0 saturated carbocycles. The molecule has 1 fully saturated rings. The molecule has 0 spiro atoms. The third-order valence-electron chi connectivity index (χ3n) is 5.04. The molecular weight excluding hydrogens is 346 g/mol. The molecule has 0 radical (unpaired) electrons. The SMILES string of the molecule is C=C(C)CN1CCC(NCc2cccc(OCc3cccc(C#N)c3)c2)CC1. The highest BCUT2D eigenvalue weighted by Gasteiger charge is 2.18. The Morgan fingerprint density at radius 3 is 2.68 bits per heavy atom. The van der Waals surface area contributed by atoms with Crippen LogP contribution in [-0.4, -0.2) is 30.6 Å². The second-order valence-corrected chi connectivity index (χ2v) is 7.64. The molecule has 28 heavy (non-hydrogen) atoms. The lowest BCUT2D eigenvalue weighted by atomic mass is 10.0. The van der Waals surface area contributed by atoms with E-state index in [0.717, 1.165) is 37.5 Å². The van der Waals surface area contributed by atoms with Crippen molar-refractivity contribution in [3.8, 4) is 11.8 Å². The molecule has 0 unspecified atom stereocenters. The van der Waals surface area contributed by atoms with E-state index >= 15 is 0 Å². The van der Waals surface area contributed by atoms with E-state index in [2.05, 4.69) is 41.9 Å². The number of nitrogens with one attached hydrogen (secondary N) is 1. The summed E-state index contributed by atoms with van der Waals surface area (Å²) in [7, 11) is 0. The maximum absolute atomic E-state index is 9.00. The predicted molar refractivity (Wildman–Crippen MR) is 113 cm³/mol. The molecule has 1 aliphatic heterocycles. The molecule has 2 aromatic carbocycles. The fourth-order valence-electron chi connectivity index (χ4n) is 3.58. The zero-order chi connectivity index (χ0) is 19.8. The van der Waals surface area contributed by atoms with Gasteiger partial charge in [0.05, 0.1) is 11.6 Å². The summed E-state index contributed by atoms with van der Waals surface area (Å²) in [5.74, 6) is 0.859. The average Bonchev–Trinajstić information content (AvgIpc) is 2.72. The zero-order valence-corrected chi connectivity index (χ0v) is 16.7. The van der Waals surface area contributed by atoms with Crippen molar-refractivity contribution in [2.45, 2.75) is 39.0 Å². The fraction of sp³-hybridized carbons (Fsp3) is 0.375. The number of piperidine rings is 1. The van der Waals surface area contributed by atoms with Crippen molar-refractivity contribution in [2.24, 2.45) is 0 Å². The van der Waals surface area contributed by atoms with E-state index in [-0.39, 0.29) is 0 Å². The van der Waals surface area contributed by atoms with Crippen molar-refractivity contribution in [3.05, 3.63) is 77.4 Å². The third kappa shape index (κ3) is 6.23. The Hall–Kier alpha value is -2.61. The topological polar surface area (TPSA) is 48.3 Å². The molecule has 0 amide bonds. The van der Waals surface area contributed by atoms with Crippen LogP contribution in [0.5, 0.6) is 5.75 Å². The summed E-state index contributed by atoms with van der Waals surface area (Å²) in [5, 5.41) is 12.7. The van der Waals surface area contributed by atoms with Gasteiger partial charge in [0.15, 0.2) is 0 Å². The molecule has 0 bridgehead atoms. The van der Waals surface area contributed by atoms with Gasteiger partial charge in [0, 0.05) is 19.1 Å². The lowest BCUT2D eigenvalue weighted by molar-refractivity contribution is 0.211. The van der Waals surface area contributed by atoms with Crippen molar-refractivity contribution in [2.75, 3.05) is 19.6 Å². The molecule has 1 heterocycles. The van der Waals surface area contributed by atoms with Crippen molar-refractivity contribution in [3.63, 3.8) is 0 Å². The van der Waals surface area contributed by atoms with Gasteiger partial charge in [-0.25, -0.2) is 0 Å². The molecule has 1 aliphatic rings. The first kappa shape index (κ1) is 20.1. The Bertz CT molecular complexity index is 832. The van der Waals surface area contributed by atoms with Gasteiger partial charge in [-0.3, -0.25) is 4.90 Å². The Kier molecular flexibility index (Phi) is 7.25. The third-order valence-corrected chi connectivity index (χ3v) is 5.04. The van der Waals surface area contributed by atoms with E-state index in [4.69, 9.17) is 10.00 Å². The van der Waals surface area contributed by atoms with Gasteiger partial charge >= 0.3 is 0 Å². The molecule has 1 saturated heterocycles. The second-order valence-electron chi connectivity index (χ2n) is 7.64. The van der Waals surface area contributed by atoms with Gasteiger partial charge in [0.2, 0.25) is 0 Å². The van der Waals surface area contributed by atoms with E-state index in [1.54, 1.807) is 6.07 Å². The fourth-order valence-corrected chi connectivity index (χ4v) is 3.58. The predicted octanol–water partition coefficient (Wildman–Crippen LogP) is 4.27. The molecule has 0 atom stereocenters. The molecular formula is C24H29N3O. The second kappa shape index (κ2) is 10.1. The Balaban J connectivity index is 1.46. The first-order valence-corrected chi connectivity index (χ1v) is 9.93. The van der Waals surface area contributed by atoms with Gasteiger partial charge < -0.3 is 10.1 Å². The number of rotatable bonds is 8. The van der Waals surface area contributed by atoms with Gasteiger partial charge in [0.1, 0.15) is 12.4 Å². The minimum atomic E-state index is 0.466. The van der Waals surface area contributed by atoms with Crippen molar-refractivity contribution in [1.29, 1.82) is 5.26 Å². The monoisotopic (exact) mass is 375 g/mol. The van der Waals surface area contributed by atoms with Gasteiger partial charge in [-0.15, -0.1) is 0 Å². The normalized spacial score (nSPS) is 15.1. The van der Waals surface area contributed by atoms with Crippen LogP contribution in [0.2, 0.25) is 0 Å². The Morgan fingerprint density at radius 1 is 1.18 bits per heavy atom. The largest absolute Gasteiger partial charge is 0.489 e. The van der Waals surface area contributed by atoms with Crippen LogP contribution in [0.25, 0.3) is 0 Å². The minimum Gasteiger partial charge on any atom is -0.489 e. The molecule has 0 aromatic heterocycles. The van der Waals surface area contributed by atoms with Crippen LogP contribution in [0, 0.1) is 11.3 Å². The number of hydrogen-bond donors (Lipinski definition) is 1. The maximum atomic E-state index is 9.00. The highest BCUT2D eigenvalue weighted by molar-refractivity contribution is 5.33. The quantitative estimate of drug-likeness (QED) is 0.700. The summed E-state index contributed by atoms with van der Waals surface area (Å²) in [6.45, 7) is 10.7. The van der Waals surface area contributed by atoms with Gasteiger partial charge in [-0.1, -0.05) is 36.4 Å². The van der Waals surface area contributed by atoms with Crippen LogP contribution >= 0.6 is 0 Å². The van der Waals surface area contributed by atoms with Crippen molar-refractivity contribution in [1.82, 2.24) is 10.2 Å². The van der Waals surface area contributed by atoms with Crippen LogP contribution in [0.4, 0.5) is 0 Å². The smallest absolute Gasteiger partial charge is 0.120 e. The number of nitrogens with zero attached hydrogens (tertiary/aromatic N) is 2. The minimum absolute atomic E-state index is 0.466. The lowest BCUT2D eigenvalue weighted by Gasteiger charge is -2.32. The van der Waals surface area contributed by atoms with Crippen LogP contribution < -0.4 is 10.1 Å². The summed E-state index contributed by atoms with van der Waals surface area (Å²) in [5.41, 5.74) is 4.13. The molecule has 4 heteroatoms. The molecule has 3 rings (SSSR count). The molecule has 146 valence electrons. The number of benzene rings is 2. The highest BCUT2D eigenvalue weighted by Crippen LogP contribution is 2.17. The van der Waals surface area contributed by atoms with Gasteiger partial charge in [-0.2, -0.15) is 5.26 Å². The zero-order valence-electron chi connectivity index (χ0n) is 16.7. The molecule has 4 nitrogen and oxygen atoms in total. The van der Waals surface area contributed by atoms with Gasteiger partial charge in [0.25, 0.3) is 0 Å². The van der Waals surface area contributed by atoms with E-state index in [0.29, 0.717) is 18.2 Å². The van der Waals surface area contributed by atoms with Gasteiger partial charge in [-0.05, 0) is 68.2 Å². The highest BCUT2D eigenvalue weighted by atomic mass is 16.5. The summed E-state index contributed by atoms with van der Waals surface area (Å²) >= 11 is 0. The standard InChI is InChI=1S/C24H29N3O/c1-19(2)17-27-11-9-23(10-12-27)26-16-21-6-4-8-24(14-21)28-18-22-7-3-5-20(13-22)15-25/h3-8,13-14,23,26H,1,9-12,16-18H2,2H3. The van der Waals surface area contributed by atoms with Crippen molar-refractivity contribution >= 4 is 0 Å². The number of likely N-dealkylation sites (tertiary alicyclic amines) is 1. The number of hydrogen-bond acceptors (Lipinski definition) is 4. The first-order valence-electron chi connectivity index (χ1n) is 9.93. The Labute approximate surface area is 168 Å². The Morgan fingerprint density at radius 2 is 1.93 bits per heavy atom. The van der Waals surface area contributed by atoms with Crippen LogP contribution in [0.15, 0.2) is 60.7 Å². The number of ether oxygens (including phenoxy) is 1. The summed E-state index contributed by atoms with van der Waals surface area (Å²) < 4.78 is 5.92.